The molecular weight excluding hydrogens is 446 g/mol. The molecule has 1 N–H and O–H groups in total. The SMILES string of the molecule is O=C(Cc1csc(-c2cccs2)n1)Nc1cc(Br)ccc1N1CCOCC1. The summed E-state index contributed by atoms with van der Waals surface area (Å²) in [5.74, 6) is -0.0642. The third-order valence-corrected chi connectivity index (χ3v) is 6.63. The van der Waals surface area contributed by atoms with E-state index in [1.807, 2.05) is 41.1 Å². The summed E-state index contributed by atoms with van der Waals surface area (Å²) < 4.78 is 6.37. The van der Waals surface area contributed by atoms with E-state index >= 15 is 0 Å². The predicted octanol–water partition coefficient (Wildman–Crippen LogP) is 4.65. The van der Waals surface area contributed by atoms with Crippen molar-refractivity contribution in [3.8, 4) is 9.88 Å². The minimum Gasteiger partial charge on any atom is -0.378 e. The van der Waals surface area contributed by atoms with Crippen LogP contribution in [0.2, 0.25) is 0 Å². The van der Waals surface area contributed by atoms with Crippen LogP contribution in [0.1, 0.15) is 5.69 Å². The Morgan fingerprint density at radius 3 is 2.89 bits per heavy atom. The monoisotopic (exact) mass is 463 g/mol. The molecule has 1 aliphatic rings. The number of aromatic nitrogens is 1. The van der Waals surface area contributed by atoms with Gasteiger partial charge in [0.25, 0.3) is 0 Å². The molecule has 27 heavy (non-hydrogen) atoms. The lowest BCUT2D eigenvalue weighted by Crippen LogP contribution is -2.36. The summed E-state index contributed by atoms with van der Waals surface area (Å²) >= 11 is 6.73. The van der Waals surface area contributed by atoms with E-state index in [0.29, 0.717) is 13.2 Å². The van der Waals surface area contributed by atoms with Crippen molar-refractivity contribution in [2.24, 2.45) is 0 Å². The van der Waals surface area contributed by atoms with Gasteiger partial charge in [0.1, 0.15) is 5.01 Å². The minimum absolute atomic E-state index is 0.0642. The van der Waals surface area contributed by atoms with Gasteiger partial charge in [-0.3, -0.25) is 4.79 Å². The van der Waals surface area contributed by atoms with Gasteiger partial charge < -0.3 is 15.0 Å². The van der Waals surface area contributed by atoms with Gasteiger partial charge in [-0.1, -0.05) is 22.0 Å². The number of amides is 1. The van der Waals surface area contributed by atoms with Crippen molar-refractivity contribution in [2.45, 2.75) is 6.42 Å². The first-order valence-corrected chi connectivity index (χ1v) is 11.1. The van der Waals surface area contributed by atoms with Crippen LogP contribution in [0.4, 0.5) is 11.4 Å². The summed E-state index contributed by atoms with van der Waals surface area (Å²) in [6.45, 7) is 3.04. The van der Waals surface area contributed by atoms with Crippen molar-refractivity contribution >= 4 is 55.9 Å². The maximum absolute atomic E-state index is 12.6. The Morgan fingerprint density at radius 1 is 1.26 bits per heavy atom. The molecule has 0 atom stereocenters. The number of ether oxygens (including phenoxy) is 1. The highest BCUT2D eigenvalue weighted by atomic mass is 79.9. The van der Waals surface area contributed by atoms with Gasteiger partial charge in [-0.05, 0) is 29.6 Å². The fourth-order valence-electron chi connectivity index (χ4n) is 2.95. The number of thiazole rings is 1. The molecule has 0 saturated carbocycles. The van der Waals surface area contributed by atoms with Gasteiger partial charge in [0.05, 0.1) is 41.6 Å². The summed E-state index contributed by atoms with van der Waals surface area (Å²) in [5, 5.41) is 8.01. The summed E-state index contributed by atoms with van der Waals surface area (Å²) in [6.07, 6.45) is 0.261. The highest BCUT2D eigenvalue weighted by Crippen LogP contribution is 2.31. The third kappa shape index (κ3) is 4.57. The first-order valence-electron chi connectivity index (χ1n) is 8.59. The van der Waals surface area contributed by atoms with Gasteiger partial charge in [-0.15, -0.1) is 22.7 Å². The molecule has 140 valence electrons. The number of anilines is 2. The average molecular weight is 464 g/mol. The van der Waals surface area contributed by atoms with Crippen molar-refractivity contribution < 1.29 is 9.53 Å². The number of carbonyl (C=O) groups is 1. The van der Waals surface area contributed by atoms with Crippen LogP contribution in [0.3, 0.4) is 0 Å². The Bertz CT molecular complexity index is 921. The molecule has 1 saturated heterocycles. The van der Waals surface area contributed by atoms with Crippen molar-refractivity contribution in [3.05, 3.63) is 51.3 Å². The second-order valence-electron chi connectivity index (χ2n) is 6.11. The minimum atomic E-state index is -0.0642. The number of nitrogens with zero attached hydrogens (tertiary/aromatic N) is 2. The van der Waals surface area contributed by atoms with Gasteiger partial charge >= 0.3 is 0 Å². The van der Waals surface area contributed by atoms with Gasteiger partial charge in [0.15, 0.2) is 0 Å². The molecule has 1 aromatic carbocycles. The molecule has 1 fully saturated rings. The Balaban J connectivity index is 1.47. The quantitative estimate of drug-likeness (QED) is 0.597. The standard InChI is InChI=1S/C19H18BrN3O2S2/c20-13-3-4-16(23-5-7-25-8-6-23)15(10-13)22-18(24)11-14-12-27-19(21-14)17-2-1-9-26-17/h1-4,9-10,12H,5-8,11H2,(H,22,24). The zero-order valence-corrected chi connectivity index (χ0v) is 17.7. The number of morpholine rings is 1. The second kappa shape index (κ2) is 8.52. The Morgan fingerprint density at radius 2 is 2.11 bits per heavy atom. The van der Waals surface area contributed by atoms with E-state index in [9.17, 15) is 4.79 Å². The zero-order valence-electron chi connectivity index (χ0n) is 14.5. The molecule has 8 heteroatoms. The summed E-state index contributed by atoms with van der Waals surface area (Å²) in [6, 6.07) is 10.0. The van der Waals surface area contributed by atoms with E-state index in [1.54, 1.807) is 22.7 Å². The smallest absolute Gasteiger partial charge is 0.230 e. The van der Waals surface area contributed by atoms with Crippen LogP contribution in [-0.2, 0) is 16.0 Å². The number of hydrogen-bond acceptors (Lipinski definition) is 6. The third-order valence-electron chi connectivity index (χ3n) is 4.21. The van der Waals surface area contributed by atoms with Crippen LogP contribution in [0, 0.1) is 0 Å². The number of rotatable bonds is 5. The van der Waals surface area contributed by atoms with E-state index in [4.69, 9.17) is 4.74 Å². The first-order chi connectivity index (χ1) is 13.2. The van der Waals surface area contributed by atoms with Crippen LogP contribution in [0.5, 0.6) is 0 Å². The van der Waals surface area contributed by atoms with E-state index in [2.05, 4.69) is 31.1 Å². The fourth-order valence-corrected chi connectivity index (χ4v) is 4.94. The maximum atomic E-state index is 12.6. The van der Waals surface area contributed by atoms with Crippen LogP contribution < -0.4 is 10.2 Å². The van der Waals surface area contributed by atoms with E-state index in [0.717, 1.165) is 44.5 Å². The first kappa shape index (κ1) is 18.6. The van der Waals surface area contributed by atoms with Crippen LogP contribution in [-0.4, -0.2) is 37.2 Å². The van der Waals surface area contributed by atoms with Crippen molar-refractivity contribution in [2.75, 3.05) is 36.5 Å². The Kier molecular flexibility index (Phi) is 5.87. The number of benzene rings is 1. The van der Waals surface area contributed by atoms with E-state index < -0.39 is 0 Å². The maximum Gasteiger partial charge on any atom is 0.230 e. The van der Waals surface area contributed by atoms with E-state index in [1.165, 1.54) is 0 Å². The van der Waals surface area contributed by atoms with Gasteiger partial charge in [0.2, 0.25) is 5.91 Å². The van der Waals surface area contributed by atoms with E-state index in [-0.39, 0.29) is 12.3 Å². The molecule has 5 nitrogen and oxygen atoms in total. The normalized spacial score (nSPS) is 14.3. The van der Waals surface area contributed by atoms with Crippen LogP contribution >= 0.6 is 38.6 Å². The predicted molar refractivity (Wildman–Crippen MR) is 115 cm³/mol. The summed E-state index contributed by atoms with van der Waals surface area (Å²) in [4.78, 5) is 20.6. The molecule has 1 aliphatic heterocycles. The van der Waals surface area contributed by atoms with Gasteiger partial charge in [0, 0.05) is 22.9 Å². The summed E-state index contributed by atoms with van der Waals surface area (Å²) in [7, 11) is 0. The van der Waals surface area contributed by atoms with Crippen LogP contribution in [0.15, 0.2) is 45.6 Å². The molecule has 0 aliphatic carbocycles. The van der Waals surface area contributed by atoms with Gasteiger partial charge in [-0.25, -0.2) is 4.98 Å². The number of halogens is 1. The van der Waals surface area contributed by atoms with Crippen molar-refractivity contribution in [1.82, 2.24) is 4.98 Å². The Hall–Kier alpha value is -1.74. The molecule has 3 heterocycles. The largest absolute Gasteiger partial charge is 0.378 e. The van der Waals surface area contributed by atoms with Crippen molar-refractivity contribution in [1.29, 1.82) is 0 Å². The molecule has 0 radical (unpaired) electrons. The lowest BCUT2D eigenvalue weighted by molar-refractivity contribution is -0.115. The molecule has 0 bridgehead atoms. The number of thiophene rings is 1. The second-order valence-corrected chi connectivity index (χ2v) is 8.83. The average Bonchev–Trinajstić information content (AvgIpc) is 3.34. The number of hydrogen-bond donors (Lipinski definition) is 1. The Labute approximate surface area is 174 Å². The summed E-state index contributed by atoms with van der Waals surface area (Å²) in [5.41, 5.74) is 2.63. The molecule has 3 aromatic rings. The molecule has 0 spiro atoms. The van der Waals surface area contributed by atoms with Gasteiger partial charge in [-0.2, -0.15) is 0 Å². The molecule has 1 amide bonds. The molecule has 4 rings (SSSR count). The number of carbonyl (C=O) groups excluding carboxylic acids is 1. The molecule has 2 aromatic heterocycles. The number of nitrogens with one attached hydrogen (secondary N) is 1. The van der Waals surface area contributed by atoms with Crippen LogP contribution in [0.25, 0.3) is 9.88 Å². The lowest BCUT2D eigenvalue weighted by Gasteiger charge is -2.30. The highest BCUT2D eigenvalue weighted by Gasteiger charge is 2.17. The zero-order chi connectivity index (χ0) is 18.6. The lowest BCUT2D eigenvalue weighted by atomic mass is 10.2. The highest BCUT2D eigenvalue weighted by molar-refractivity contribution is 9.10. The molecular formula is C19H18BrN3O2S2. The van der Waals surface area contributed by atoms with Crippen molar-refractivity contribution in [3.63, 3.8) is 0 Å². The fraction of sp³-hybridized carbons (Fsp3) is 0.263. The molecule has 0 unspecified atom stereocenters. The topological polar surface area (TPSA) is 54.5 Å².